The van der Waals surface area contributed by atoms with Crippen LogP contribution in [-0.2, 0) is 11.3 Å². The molecule has 0 amide bonds. The lowest BCUT2D eigenvalue weighted by Gasteiger charge is -2.26. The highest BCUT2D eigenvalue weighted by Crippen LogP contribution is 2.21. The zero-order valence-electron chi connectivity index (χ0n) is 12.7. The Bertz CT molecular complexity index is 449. The van der Waals surface area contributed by atoms with E-state index in [9.17, 15) is 0 Å². The summed E-state index contributed by atoms with van der Waals surface area (Å²) in [4.78, 5) is 2.70. The van der Waals surface area contributed by atoms with Gasteiger partial charge in [0.2, 0.25) is 0 Å². The molecule has 112 valence electrons. The van der Waals surface area contributed by atoms with Crippen LogP contribution in [0.5, 0.6) is 5.75 Å². The average molecular weight is 296 g/mol. The molecule has 20 heavy (non-hydrogen) atoms. The van der Waals surface area contributed by atoms with E-state index in [2.05, 4.69) is 18.7 Å². The normalized spacial score (nSPS) is 11.1. The molecule has 0 radical (unpaired) electrons. The summed E-state index contributed by atoms with van der Waals surface area (Å²) < 4.78 is 10.4. The topological polar surface area (TPSA) is 47.7 Å². The minimum atomic E-state index is 0.358. The lowest BCUT2D eigenvalue weighted by Crippen LogP contribution is -2.33. The Kier molecular flexibility index (Phi) is 6.91. The third-order valence-electron chi connectivity index (χ3n) is 3.23. The van der Waals surface area contributed by atoms with Crippen LogP contribution in [0.3, 0.4) is 0 Å². The molecule has 0 heterocycles. The number of thiocarbonyl (C=S) groups is 1. The van der Waals surface area contributed by atoms with Gasteiger partial charge < -0.3 is 15.2 Å². The summed E-state index contributed by atoms with van der Waals surface area (Å²) in [6.07, 6.45) is 0. The smallest absolute Gasteiger partial charge is 0.129 e. The second-order valence-corrected chi connectivity index (χ2v) is 5.40. The Balaban J connectivity index is 2.90. The number of ether oxygens (including phenoxy) is 2. The van der Waals surface area contributed by atoms with Crippen LogP contribution in [0.1, 0.15) is 25.0 Å². The van der Waals surface area contributed by atoms with Crippen molar-refractivity contribution in [2.24, 2.45) is 5.73 Å². The zero-order chi connectivity index (χ0) is 15.1. The van der Waals surface area contributed by atoms with Gasteiger partial charge in [-0.15, -0.1) is 0 Å². The maximum Gasteiger partial charge on any atom is 0.129 e. The number of rotatable bonds is 8. The van der Waals surface area contributed by atoms with Crippen LogP contribution in [0.2, 0.25) is 0 Å². The van der Waals surface area contributed by atoms with E-state index < -0.39 is 0 Å². The summed E-state index contributed by atoms with van der Waals surface area (Å²) in [7, 11) is 3.34. The van der Waals surface area contributed by atoms with E-state index in [0.29, 0.717) is 16.8 Å². The van der Waals surface area contributed by atoms with Gasteiger partial charge in [0, 0.05) is 26.2 Å². The molecule has 4 nitrogen and oxygen atoms in total. The Morgan fingerprint density at radius 2 is 2.05 bits per heavy atom. The summed E-state index contributed by atoms with van der Waals surface area (Å²) in [6, 6.07) is 6.41. The van der Waals surface area contributed by atoms with Crippen LogP contribution in [0.15, 0.2) is 18.2 Å². The fourth-order valence-corrected chi connectivity index (χ4v) is 2.17. The molecule has 1 aromatic carbocycles. The SMILES string of the molecule is COCCN(Cc1ccc(OC)c(C(N)=S)c1)C(C)C. The molecule has 0 saturated carbocycles. The second kappa shape index (κ2) is 8.19. The van der Waals surface area contributed by atoms with Crippen molar-refractivity contribution in [2.75, 3.05) is 27.4 Å². The summed E-state index contributed by atoms with van der Waals surface area (Å²) >= 11 is 5.07. The van der Waals surface area contributed by atoms with Crippen molar-refractivity contribution in [1.82, 2.24) is 4.90 Å². The Hall–Kier alpha value is -1.17. The zero-order valence-corrected chi connectivity index (χ0v) is 13.5. The monoisotopic (exact) mass is 296 g/mol. The first-order valence-electron chi connectivity index (χ1n) is 6.69. The highest BCUT2D eigenvalue weighted by Gasteiger charge is 2.12. The number of nitrogens with two attached hydrogens (primary N) is 1. The first kappa shape index (κ1) is 16.9. The molecule has 0 fully saturated rings. The van der Waals surface area contributed by atoms with Gasteiger partial charge in [0.1, 0.15) is 10.7 Å². The van der Waals surface area contributed by atoms with Crippen LogP contribution >= 0.6 is 12.2 Å². The largest absolute Gasteiger partial charge is 0.496 e. The van der Waals surface area contributed by atoms with E-state index in [4.69, 9.17) is 27.4 Å². The molecule has 1 rings (SSSR count). The molecule has 0 unspecified atom stereocenters. The summed E-state index contributed by atoms with van der Waals surface area (Å²) in [5, 5.41) is 0. The van der Waals surface area contributed by atoms with Crippen molar-refractivity contribution in [3.63, 3.8) is 0 Å². The quantitative estimate of drug-likeness (QED) is 0.745. The van der Waals surface area contributed by atoms with E-state index in [1.807, 2.05) is 18.2 Å². The standard InChI is InChI=1S/C15H24N2O2S/c1-11(2)17(7-8-18-3)10-12-5-6-14(19-4)13(9-12)15(16)20/h5-6,9,11H,7-8,10H2,1-4H3,(H2,16,20). The molecule has 0 aliphatic rings. The number of benzene rings is 1. The molecule has 0 aliphatic heterocycles. The number of hydrogen-bond acceptors (Lipinski definition) is 4. The first-order valence-corrected chi connectivity index (χ1v) is 7.10. The molecule has 0 aliphatic carbocycles. The molecule has 5 heteroatoms. The predicted molar refractivity (Wildman–Crippen MR) is 86.3 cm³/mol. The van der Waals surface area contributed by atoms with E-state index in [0.717, 1.165) is 25.3 Å². The molecule has 0 saturated heterocycles. The molecule has 0 spiro atoms. The molecule has 1 aromatic rings. The third kappa shape index (κ3) is 4.74. The fraction of sp³-hybridized carbons (Fsp3) is 0.533. The molecule has 0 bridgehead atoms. The lowest BCUT2D eigenvalue weighted by molar-refractivity contribution is 0.125. The fourth-order valence-electron chi connectivity index (χ4n) is 2.01. The van der Waals surface area contributed by atoms with Gasteiger partial charge in [-0.1, -0.05) is 18.3 Å². The molecular formula is C15H24N2O2S. The highest BCUT2D eigenvalue weighted by molar-refractivity contribution is 7.80. The van der Waals surface area contributed by atoms with E-state index >= 15 is 0 Å². The molecule has 2 N–H and O–H groups in total. The summed E-state index contributed by atoms with van der Waals surface area (Å²) in [5.74, 6) is 0.717. The van der Waals surface area contributed by atoms with Crippen molar-refractivity contribution < 1.29 is 9.47 Å². The number of methoxy groups -OCH3 is 2. The van der Waals surface area contributed by atoms with Crippen LogP contribution in [0.4, 0.5) is 0 Å². The Labute approximate surface area is 126 Å². The minimum Gasteiger partial charge on any atom is -0.496 e. The van der Waals surface area contributed by atoms with Gasteiger partial charge in [0.15, 0.2) is 0 Å². The lowest BCUT2D eigenvalue weighted by atomic mass is 10.1. The van der Waals surface area contributed by atoms with E-state index in [1.165, 1.54) is 5.56 Å². The maximum absolute atomic E-state index is 5.75. The Morgan fingerprint density at radius 3 is 2.55 bits per heavy atom. The van der Waals surface area contributed by atoms with Crippen molar-refractivity contribution in [3.05, 3.63) is 29.3 Å². The molecular weight excluding hydrogens is 272 g/mol. The van der Waals surface area contributed by atoms with Crippen molar-refractivity contribution in [3.8, 4) is 5.75 Å². The van der Waals surface area contributed by atoms with Gasteiger partial charge in [0.05, 0.1) is 19.3 Å². The Morgan fingerprint density at radius 1 is 1.35 bits per heavy atom. The maximum atomic E-state index is 5.75. The van der Waals surface area contributed by atoms with Gasteiger partial charge in [-0.25, -0.2) is 0 Å². The highest BCUT2D eigenvalue weighted by atomic mass is 32.1. The van der Waals surface area contributed by atoms with Crippen molar-refractivity contribution in [2.45, 2.75) is 26.4 Å². The van der Waals surface area contributed by atoms with Crippen LogP contribution in [-0.4, -0.2) is 43.3 Å². The summed E-state index contributed by atoms with van der Waals surface area (Å²) in [5.41, 5.74) is 7.70. The van der Waals surface area contributed by atoms with Crippen molar-refractivity contribution in [1.29, 1.82) is 0 Å². The number of hydrogen-bond donors (Lipinski definition) is 1. The van der Waals surface area contributed by atoms with Gasteiger partial charge >= 0.3 is 0 Å². The predicted octanol–water partition coefficient (Wildman–Crippen LogP) is 2.19. The van der Waals surface area contributed by atoms with Crippen LogP contribution in [0.25, 0.3) is 0 Å². The minimum absolute atomic E-state index is 0.358. The van der Waals surface area contributed by atoms with Crippen molar-refractivity contribution >= 4 is 17.2 Å². The third-order valence-corrected chi connectivity index (χ3v) is 3.45. The van der Waals surface area contributed by atoms with E-state index in [-0.39, 0.29) is 0 Å². The van der Waals surface area contributed by atoms with Crippen LogP contribution in [0, 0.1) is 0 Å². The molecule has 0 atom stereocenters. The second-order valence-electron chi connectivity index (χ2n) is 4.96. The number of nitrogens with zero attached hydrogens (tertiary/aromatic N) is 1. The van der Waals surface area contributed by atoms with E-state index in [1.54, 1.807) is 14.2 Å². The van der Waals surface area contributed by atoms with Crippen LogP contribution < -0.4 is 10.5 Å². The van der Waals surface area contributed by atoms with Gasteiger partial charge in [0.25, 0.3) is 0 Å². The van der Waals surface area contributed by atoms with Gasteiger partial charge in [-0.2, -0.15) is 0 Å². The van der Waals surface area contributed by atoms with Gasteiger partial charge in [-0.3, -0.25) is 4.90 Å². The average Bonchev–Trinajstić information content (AvgIpc) is 2.42. The first-order chi connectivity index (χ1) is 9.49. The van der Waals surface area contributed by atoms with Gasteiger partial charge in [-0.05, 0) is 31.5 Å². The molecule has 0 aromatic heterocycles. The summed E-state index contributed by atoms with van der Waals surface area (Å²) in [6.45, 7) is 6.79.